The van der Waals surface area contributed by atoms with E-state index in [1.807, 2.05) is 0 Å². The molecule has 1 saturated carbocycles. The number of nitrogens with one attached hydrogen (secondary N) is 1. The van der Waals surface area contributed by atoms with E-state index in [9.17, 15) is 0 Å². The van der Waals surface area contributed by atoms with Crippen LogP contribution in [0.15, 0.2) is 0 Å². The zero-order valence-corrected chi connectivity index (χ0v) is 6.97. The number of rotatable bonds is 1. The lowest BCUT2D eigenvalue weighted by molar-refractivity contribution is -0.0923. The molecule has 2 nitrogen and oxygen atoms in total. The standard InChI is InChI=1S/C9H16N2/c1-2-9(3-1)6-11(7-9)8-4-10-5-8/h8,10H,1-7H2. The fourth-order valence-corrected chi connectivity index (χ4v) is 2.60. The van der Waals surface area contributed by atoms with Crippen molar-refractivity contribution in [1.29, 1.82) is 0 Å². The summed E-state index contributed by atoms with van der Waals surface area (Å²) in [7, 11) is 0. The van der Waals surface area contributed by atoms with E-state index in [4.69, 9.17) is 0 Å². The van der Waals surface area contributed by atoms with Crippen LogP contribution in [0.5, 0.6) is 0 Å². The molecule has 62 valence electrons. The highest BCUT2D eigenvalue weighted by Crippen LogP contribution is 2.48. The lowest BCUT2D eigenvalue weighted by atomic mass is 9.63. The van der Waals surface area contributed by atoms with Gasteiger partial charge in [-0.3, -0.25) is 4.90 Å². The van der Waals surface area contributed by atoms with Gasteiger partial charge >= 0.3 is 0 Å². The molecular formula is C9H16N2. The Kier molecular flexibility index (Phi) is 1.16. The first-order valence-corrected chi connectivity index (χ1v) is 4.83. The predicted molar refractivity (Wildman–Crippen MR) is 44.5 cm³/mol. The molecule has 0 bridgehead atoms. The zero-order chi connectivity index (χ0) is 7.31. The van der Waals surface area contributed by atoms with Crippen LogP contribution >= 0.6 is 0 Å². The Balaban J connectivity index is 1.55. The van der Waals surface area contributed by atoms with Crippen LogP contribution in [0.3, 0.4) is 0 Å². The molecule has 0 aromatic carbocycles. The van der Waals surface area contributed by atoms with Crippen LogP contribution in [0.4, 0.5) is 0 Å². The van der Waals surface area contributed by atoms with Gasteiger partial charge < -0.3 is 5.32 Å². The van der Waals surface area contributed by atoms with Gasteiger partial charge in [0.25, 0.3) is 0 Å². The minimum absolute atomic E-state index is 0.829. The van der Waals surface area contributed by atoms with Crippen molar-refractivity contribution in [3.8, 4) is 0 Å². The molecule has 1 spiro atoms. The second-order valence-corrected chi connectivity index (χ2v) is 4.57. The van der Waals surface area contributed by atoms with Crippen LogP contribution in [0.1, 0.15) is 19.3 Å². The van der Waals surface area contributed by atoms with Crippen molar-refractivity contribution in [2.45, 2.75) is 25.3 Å². The predicted octanol–water partition coefficient (Wildman–Crippen LogP) is 0.444. The molecule has 0 atom stereocenters. The Hall–Kier alpha value is -0.0800. The van der Waals surface area contributed by atoms with Gasteiger partial charge in [-0.1, -0.05) is 6.42 Å². The SMILES string of the molecule is C1CC2(C1)CN(C1CNC1)C2. The van der Waals surface area contributed by atoms with Gasteiger partial charge in [-0.05, 0) is 18.3 Å². The molecule has 1 aliphatic carbocycles. The monoisotopic (exact) mass is 152 g/mol. The summed E-state index contributed by atoms with van der Waals surface area (Å²) < 4.78 is 0. The summed E-state index contributed by atoms with van der Waals surface area (Å²) in [6.07, 6.45) is 4.53. The number of nitrogens with zero attached hydrogens (tertiary/aromatic N) is 1. The van der Waals surface area contributed by atoms with Gasteiger partial charge in [0.2, 0.25) is 0 Å². The van der Waals surface area contributed by atoms with Crippen molar-refractivity contribution in [3.05, 3.63) is 0 Å². The van der Waals surface area contributed by atoms with E-state index in [0.717, 1.165) is 11.5 Å². The highest BCUT2D eigenvalue weighted by Gasteiger charge is 2.49. The van der Waals surface area contributed by atoms with Crippen molar-refractivity contribution >= 4 is 0 Å². The van der Waals surface area contributed by atoms with E-state index in [2.05, 4.69) is 10.2 Å². The molecule has 3 aliphatic rings. The van der Waals surface area contributed by atoms with Gasteiger partial charge in [-0.25, -0.2) is 0 Å². The Morgan fingerprint density at radius 3 is 2.27 bits per heavy atom. The van der Waals surface area contributed by atoms with Crippen molar-refractivity contribution in [2.75, 3.05) is 26.2 Å². The Morgan fingerprint density at radius 2 is 1.91 bits per heavy atom. The second kappa shape index (κ2) is 1.99. The van der Waals surface area contributed by atoms with Crippen molar-refractivity contribution in [1.82, 2.24) is 10.2 Å². The summed E-state index contributed by atoms with van der Waals surface area (Å²) in [4.78, 5) is 2.66. The van der Waals surface area contributed by atoms with Crippen molar-refractivity contribution in [2.24, 2.45) is 5.41 Å². The third kappa shape index (κ3) is 0.798. The maximum Gasteiger partial charge on any atom is 0.0345 e. The third-order valence-corrected chi connectivity index (χ3v) is 3.77. The quantitative estimate of drug-likeness (QED) is 0.586. The Labute approximate surface area is 68.0 Å². The van der Waals surface area contributed by atoms with Gasteiger partial charge in [0.05, 0.1) is 0 Å². The largest absolute Gasteiger partial charge is 0.314 e. The van der Waals surface area contributed by atoms with E-state index >= 15 is 0 Å². The highest BCUT2D eigenvalue weighted by molar-refractivity contribution is 5.04. The van der Waals surface area contributed by atoms with Crippen LogP contribution in [-0.4, -0.2) is 37.1 Å². The minimum atomic E-state index is 0.829. The first-order valence-electron chi connectivity index (χ1n) is 4.83. The maximum absolute atomic E-state index is 3.33. The molecule has 2 heterocycles. The average molecular weight is 152 g/mol. The molecule has 0 aromatic heterocycles. The van der Waals surface area contributed by atoms with E-state index in [0.29, 0.717) is 0 Å². The second-order valence-electron chi connectivity index (χ2n) is 4.57. The molecule has 3 rings (SSSR count). The van der Waals surface area contributed by atoms with Crippen LogP contribution < -0.4 is 5.32 Å². The molecule has 0 radical (unpaired) electrons. The summed E-state index contributed by atoms with van der Waals surface area (Å²) in [5.41, 5.74) is 0.829. The lowest BCUT2D eigenvalue weighted by Gasteiger charge is -2.60. The number of likely N-dealkylation sites (tertiary alicyclic amines) is 1. The summed E-state index contributed by atoms with van der Waals surface area (Å²) in [6.45, 7) is 5.32. The number of hydrogen-bond donors (Lipinski definition) is 1. The average Bonchev–Trinajstić information content (AvgIpc) is 1.66. The zero-order valence-electron chi connectivity index (χ0n) is 6.97. The van der Waals surface area contributed by atoms with E-state index in [1.165, 1.54) is 45.4 Å². The fourth-order valence-electron chi connectivity index (χ4n) is 2.60. The number of hydrogen-bond acceptors (Lipinski definition) is 2. The van der Waals surface area contributed by atoms with Crippen LogP contribution in [0, 0.1) is 5.41 Å². The topological polar surface area (TPSA) is 15.3 Å². The molecule has 1 N–H and O–H groups in total. The van der Waals surface area contributed by atoms with E-state index < -0.39 is 0 Å². The summed E-state index contributed by atoms with van der Waals surface area (Å²) in [6, 6.07) is 0.904. The first kappa shape index (κ1) is 6.44. The van der Waals surface area contributed by atoms with Gasteiger partial charge in [-0.15, -0.1) is 0 Å². The van der Waals surface area contributed by atoms with E-state index in [-0.39, 0.29) is 0 Å². The molecular weight excluding hydrogens is 136 g/mol. The third-order valence-electron chi connectivity index (χ3n) is 3.77. The van der Waals surface area contributed by atoms with Crippen LogP contribution in [-0.2, 0) is 0 Å². The van der Waals surface area contributed by atoms with Crippen molar-refractivity contribution in [3.63, 3.8) is 0 Å². The van der Waals surface area contributed by atoms with Crippen LogP contribution in [0.2, 0.25) is 0 Å². The smallest absolute Gasteiger partial charge is 0.0345 e. The van der Waals surface area contributed by atoms with Crippen molar-refractivity contribution < 1.29 is 0 Å². The Morgan fingerprint density at radius 1 is 1.18 bits per heavy atom. The highest BCUT2D eigenvalue weighted by atomic mass is 15.3. The lowest BCUT2D eigenvalue weighted by Crippen LogP contribution is -2.69. The van der Waals surface area contributed by atoms with Gasteiger partial charge in [0.15, 0.2) is 0 Å². The molecule has 3 fully saturated rings. The maximum atomic E-state index is 3.33. The minimum Gasteiger partial charge on any atom is -0.314 e. The van der Waals surface area contributed by atoms with E-state index in [1.54, 1.807) is 0 Å². The van der Waals surface area contributed by atoms with Gasteiger partial charge in [-0.2, -0.15) is 0 Å². The van der Waals surface area contributed by atoms with Gasteiger partial charge in [0, 0.05) is 32.2 Å². The van der Waals surface area contributed by atoms with Crippen LogP contribution in [0.25, 0.3) is 0 Å². The molecule has 11 heavy (non-hydrogen) atoms. The summed E-state index contributed by atoms with van der Waals surface area (Å²) in [5.74, 6) is 0. The molecule has 2 saturated heterocycles. The molecule has 2 heteroatoms. The molecule has 0 unspecified atom stereocenters. The Bertz CT molecular complexity index is 162. The first-order chi connectivity index (χ1) is 5.38. The normalized spacial score (nSPS) is 36.0. The summed E-state index contributed by atoms with van der Waals surface area (Å²) in [5, 5.41) is 3.33. The fraction of sp³-hybridized carbons (Fsp3) is 1.00. The molecule has 2 aliphatic heterocycles. The molecule has 0 aromatic rings. The van der Waals surface area contributed by atoms with Gasteiger partial charge in [0.1, 0.15) is 0 Å². The summed E-state index contributed by atoms with van der Waals surface area (Å²) >= 11 is 0. The molecule has 0 amide bonds.